The van der Waals surface area contributed by atoms with E-state index < -0.39 is 0 Å². The average molecular weight is 372 g/mol. The minimum absolute atomic E-state index is 0.270. The number of imidazole rings is 1. The van der Waals surface area contributed by atoms with E-state index in [1.54, 1.807) is 0 Å². The van der Waals surface area contributed by atoms with Gasteiger partial charge in [0.25, 0.3) is 0 Å². The maximum absolute atomic E-state index is 13.7. The lowest BCUT2D eigenvalue weighted by atomic mass is 9.89. The van der Waals surface area contributed by atoms with Crippen LogP contribution in [0.5, 0.6) is 0 Å². The van der Waals surface area contributed by atoms with E-state index in [1.807, 2.05) is 6.07 Å². The fourth-order valence-corrected chi connectivity index (χ4v) is 4.85. The van der Waals surface area contributed by atoms with Crippen molar-refractivity contribution in [1.82, 2.24) is 9.55 Å². The van der Waals surface area contributed by atoms with Crippen LogP contribution in [0.15, 0.2) is 16.6 Å². The van der Waals surface area contributed by atoms with Crippen molar-refractivity contribution in [3.05, 3.63) is 28.2 Å². The monoisotopic (exact) mass is 370 g/mol. The molecule has 5 heteroatoms. The van der Waals surface area contributed by atoms with E-state index in [0.717, 1.165) is 35.6 Å². The number of halogens is 3. The van der Waals surface area contributed by atoms with Crippen molar-refractivity contribution >= 4 is 38.6 Å². The second-order valence-corrected chi connectivity index (χ2v) is 7.58. The van der Waals surface area contributed by atoms with Gasteiger partial charge >= 0.3 is 0 Å². The summed E-state index contributed by atoms with van der Waals surface area (Å²) in [5, 5.41) is 0. The second-order valence-electron chi connectivity index (χ2n) is 6.46. The van der Waals surface area contributed by atoms with Crippen LogP contribution in [0, 0.1) is 23.6 Å². The summed E-state index contributed by atoms with van der Waals surface area (Å²) < 4.78 is 16.4. The van der Waals surface area contributed by atoms with Crippen molar-refractivity contribution in [1.29, 1.82) is 0 Å². The van der Waals surface area contributed by atoms with Crippen molar-refractivity contribution in [3.8, 4) is 0 Å². The summed E-state index contributed by atoms with van der Waals surface area (Å²) in [6, 6.07) is 3.33. The van der Waals surface area contributed by atoms with Gasteiger partial charge in [-0.25, -0.2) is 9.37 Å². The first-order chi connectivity index (χ1) is 10.2. The Balaban J connectivity index is 1.74. The number of benzene rings is 1. The molecule has 0 radical (unpaired) electrons. The molecule has 2 aliphatic rings. The van der Waals surface area contributed by atoms with Crippen molar-refractivity contribution in [2.24, 2.45) is 17.8 Å². The largest absolute Gasteiger partial charge is 0.327 e. The number of rotatable bonds is 3. The molecule has 2 aliphatic carbocycles. The molecular formula is C16H17BrClFN2. The van der Waals surface area contributed by atoms with Crippen LogP contribution in [0.25, 0.3) is 11.0 Å². The highest BCUT2D eigenvalue weighted by Gasteiger charge is 2.39. The van der Waals surface area contributed by atoms with Crippen LogP contribution in [0.4, 0.5) is 4.39 Å². The average Bonchev–Trinajstić information content (AvgIpc) is 3.15. The number of hydrogen-bond acceptors (Lipinski definition) is 1. The molecule has 3 atom stereocenters. The Labute approximate surface area is 136 Å². The Morgan fingerprint density at radius 3 is 2.86 bits per heavy atom. The van der Waals surface area contributed by atoms with Gasteiger partial charge in [0, 0.05) is 12.6 Å². The Hall–Kier alpha value is -0.610. The highest BCUT2D eigenvalue weighted by Crippen LogP contribution is 2.49. The molecule has 1 heterocycles. The number of alkyl halides is 1. The number of hydrogen-bond donors (Lipinski definition) is 0. The molecule has 2 aromatic rings. The molecule has 2 saturated carbocycles. The van der Waals surface area contributed by atoms with Gasteiger partial charge < -0.3 is 4.57 Å². The summed E-state index contributed by atoms with van der Waals surface area (Å²) in [4.78, 5) is 4.51. The lowest BCUT2D eigenvalue weighted by molar-refractivity contribution is 0.296. The molecule has 2 bridgehead atoms. The van der Waals surface area contributed by atoms with Crippen LogP contribution < -0.4 is 0 Å². The molecule has 0 saturated heterocycles. The zero-order chi connectivity index (χ0) is 14.6. The van der Waals surface area contributed by atoms with Crippen LogP contribution in [0.1, 0.15) is 31.5 Å². The van der Waals surface area contributed by atoms with Crippen molar-refractivity contribution in [2.45, 2.75) is 38.1 Å². The van der Waals surface area contributed by atoms with Crippen molar-refractivity contribution in [2.75, 3.05) is 0 Å². The van der Waals surface area contributed by atoms with Gasteiger partial charge in [-0.1, -0.05) is 6.42 Å². The standard InChI is InChI=1S/C16H17BrClFN2/c17-12-5-15-14(6-13(12)19)20-16(7-18)21(15)8-11-4-9-1-2-10(11)3-9/h5-6,9-11H,1-4,7-8H2. The molecule has 0 spiro atoms. The third kappa shape index (κ3) is 2.31. The van der Waals surface area contributed by atoms with E-state index >= 15 is 0 Å². The zero-order valence-corrected chi connectivity index (χ0v) is 14.0. The number of aromatic nitrogens is 2. The SMILES string of the molecule is Fc1cc2nc(CCl)n(CC3CC4CCC3C4)c2cc1Br. The van der Waals surface area contributed by atoms with Crippen LogP contribution in [0.2, 0.25) is 0 Å². The Morgan fingerprint density at radius 2 is 2.19 bits per heavy atom. The first kappa shape index (κ1) is 14.0. The molecule has 21 heavy (non-hydrogen) atoms. The Kier molecular flexibility index (Phi) is 3.49. The lowest BCUT2D eigenvalue weighted by Gasteiger charge is -2.23. The van der Waals surface area contributed by atoms with E-state index in [1.165, 1.54) is 31.7 Å². The van der Waals surface area contributed by atoms with E-state index in [0.29, 0.717) is 15.9 Å². The van der Waals surface area contributed by atoms with Crippen molar-refractivity contribution in [3.63, 3.8) is 0 Å². The molecule has 4 rings (SSSR count). The highest BCUT2D eigenvalue weighted by molar-refractivity contribution is 9.10. The minimum Gasteiger partial charge on any atom is -0.327 e. The minimum atomic E-state index is -0.270. The third-order valence-corrected chi connectivity index (χ3v) is 6.14. The normalized spacial score (nSPS) is 27.9. The molecule has 2 fully saturated rings. The van der Waals surface area contributed by atoms with Gasteiger partial charge in [0.1, 0.15) is 11.6 Å². The Morgan fingerprint density at radius 1 is 1.33 bits per heavy atom. The summed E-state index contributed by atoms with van der Waals surface area (Å²) in [5.41, 5.74) is 1.69. The fourth-order valence-electron chi connectivity index (χ4n) is 4.31. The topological polar surface area (TPSA) is 17.8 Å². The first-order valence-corrected chi connectivity index (χ1v) is 8.88. The maximum Gasteiger partial charge on any atom is 0.139 e. The predicted molar refractivity (Wildman–Crippen MR) is 85.9 cm³/mol. The second kappa shape index (κ2) is 5.24. The maximum atomic E-state index is 13.7. The Bertz CT molecular complexity index is 699. The van der Waals surface area contributed by atoms with Crippen LogP contribution in [-0.4, -0.2) is 9.55 Å². The summed E-state index contributed by atoms with van der Waals surface area (Å²) in [7, 11) is 0. The quantitative estimate of drug-likeness (QED) is 0.685. The van der Waals surface area contributed by atoms with Gasteiger partial charge in [-0.15, -0.1) is 11.6 Å². The highest BCUT2D eigenvalue weighted by atomic mass is 79.9. The van der Waals surface area contributed by atoms with E-state index in [4.69, 9.17) is 11.6 Å². The van der Waals surface area contributed by atoms with Gasteiger partial charge in [-0.3, -0.25) is 0 Å². The molecule has 0 aliphatic heterocycles. The molecule has 0 amide bonds. The lowest BCUT2D eigenvalue weighted by Crippen LogP contribution is -2.18. The van der Waals surface area contributed by atoms with E-state index in [9.17, 15) is 4.39 Å². The predicted octanol–water partition coefficient (Wildman–Crippen LogP) is 5.11. The summed E-state index contributed by atoms with van der Waals surface area (Å²) in [6.45, 7) is 0.970. The fraction of sp³-hybridized carbons (Fsp3) is 0.562. The van der Waals surface area contributed by atoms with Crippen molar-refractivity contribution < 1.29 is 4.39 Å². The van der Waals surface area contributed by atoms with Gasteiger partial charge in [-0.2, -0.15) is 0 Å². The third-order valence-electron chi connectivity index (χ3n) is 5.29. The summed E-state index contributed by atoms with van der Waals surface area (Å²) in [6.07, 6.45) is 5.50. The summed E-state index contributed by atoms with van der Waals surface area (Å²) in [5.74, 6) is 3.47. The molecule has 1 aromatic carbocycles. The van der Waals surface area contributed by atoms with Crippen LogP contribution in [0.3, 0.4) is 0 Å². The molecule has 3 unspecified atom stereocenters. The van der Waals surface area contributed by atoms with Gasteiger partial charge in [-0.05, 0) is 59.0 Å². The van der Waals surface area contributed by atoms with Gasteiger partial charge in [0.05, 0.1) is 21.4 Å². The molecule has 2 nitrogen and oxygen atoms in total. The zero-order valence-electron chi connectivity index (χ0n) is 11.7. The number of fused-ring (bicyclic) bond motifs is 3. The number of nitrogens with zero attached hydrogens (tertiary/aromatic N) is 2. The molecule has 0 N–H and O–H groups in total. The van der Waals surface area contributed by atoms with Gasteiger partial charge in [0.15, 0.2) is 0 Å². The van der Waals surface area contributed by atoms with Crippen LogP contribution in [-0.2, 0) is 12.4 Å². The molecular weight excluding hydrogens is 355 g/mol. The molecule has 1 aromatic heterocycles. The molecule has 112 valence electrons. The van der Waals surface area contributed by atoms with Crippen LogP contribution >= 0.6 is 27.5 Å². The summed E-state index contributed by atoms with van der Waals surface area (Å²) >= 11 is 9.34. The van der Waals surface area contributed by atoms with E-state index in [2.05, 4.69) is 25.5 Å². The van der Waals surface area contributed by atoms with Gasteiger partial charge in [0.2, 0.25) is 0 Å². The first-order valence-electron chi connectivity index (χ1n) is 7.56. The smallest absolute Gasteiger partial charge is 0.139 e. The van der Waals surface area contributed by atoms with E-state index in [-0.39, 0.29) is 5.82 Å².